The van der Waals surface area contributed by atoms with Crippen LogP contribution < -0.4 is 59.2 Å². The quantitative estimate of drug-likeness (QED) is 0.0232. The minimum absolute atomic E-state index is 0.0126. The lowest BCUT2D eigenvalue weighted by Gasteiger charge is -2.35. The molecule has 1 aliphatic carbocycles. The Bertz CT molecular complexity index is 5690. The lowest BCUT2D eigenvalue weighted by atomic mass is 9.96. The monoisotopic (exact) mass is 1920 g/mol. The number of amides is 12. The molecule has 0 atom stereocenters. The van der Waals surface area contributed by atoms with Crippen LogP contribution in [-0.4, -0.2) is 285 Å². The van der Waals surface area contributed by atoms with Crippen molar-refractivity contribution in [1.82, 2.24) is 39.2 Å². The molecule has 4 saturated heterocycles. The maximum Gasteiger partial charge on any atom is 0.321 e. The molecule has 750 valence electrons. The van der Waals surface area contributed by atoms with Crippen molar-refractivity contribution in [3.8, 4) is 46.0 Å². The summed E-state index contributed by atoms with van der Waals surface area (Å²) in [5, 5.41) is 11.8. The van der Waals surface area contributed by atoms with E-state index in [-0.39, 0.29) is 76.8 Å². The molecule has 33 nitrogen and oxygen atoms in total. The number of ether oxygens (including phenoxy) is 9. The summed E-state index contributed by atoms with van der Waals surface area (Å²) >= 11 is 0. The Labute approximate surface area is 821 Å². The predicted molar refractivity (Wildman–Crippen MR) is 537 cm³/mol. The number of rotatable bonds is 31. The van der Waals surface area contributed by atoms with Crippen LogP contribution in [0.2, 0.25) is 0 Å². The number of hydrogen-bond donors (Lipinski definition) is 4. The van der Waals surface area contributed by atoms with Crippen molar-refractivity contribution >= 4 is 93.6 Å². The maximum absolute atomic E-state index is 13.1. The van der Waals surface area contributed by atoms with Crippen molar-refractivity contribution in [3.63, 3.8) is 0 Å². The van der Waals surface area contributed by atoms with Crippen LogP contribution in [0.5, 0.6) is 46.0 Å². The van der Waals surface area contributed by atoms with E-state index in [0.717, 1.165) is 41.5 Å². The molecule has 4 aliphatic heterocycles. The van der Waals surface area contributed by atoms with Gasteiger partial charge in [-0.1, -0.05) is 102 Å². The first-order valence-electron chi connectivity index (χ1n) is 47.6. The predicted octanol–water partition coefficient (Wildman–Crippen LogP) is 17.2. The summed E-state index contributed by atoms with van der Waals surface area (Å²) in [7, 11) is 13.9. The highest BCUT2D eigenvalue weighted by Crippen LogP contribution is 2.35. The largest absolute Gasteiger partial charge is 0.497 e. The molecule has 8 aromatic rings. The molecule has 0 unspecified atom stereocenters. The molecule has 0 aromatic heterocycles. The maximum atomic E-state index is 13.1. The van der Waals surface area contributed by atoms with Crippen molar-refractivity contribution in [1.29, 1.82) is 0 Å². The molecule has 13 rings (SSSR count). The minimum atomic E-state index is -0.258. The van der Waals surface area contributed by atoms with Gasteiger partial charge in [-0.2, -0.15) is 0 Å². The number of urea groups is 4. The molecule has 12 amide bonds. The van der Waals surface area contributed by atoms with Crippen molar-refractivity contribution in [2.45, 2.75) is 120 Å². The van der Waals surface area contributed by atoms with E-state index in [1.54, 1.807) is 184 Å². The summed E-state index contributed by atoms with van der Waals surface area (Å²) in [5.41, 5.74) is 10.3. The average molecular weight is 1930 g/mol. The van der Waals surface area contributed by atoms with Crippen molar-refractivity contribution in [2.75, 3.05) is 197 Å². The second-order valence-electron chi connectivity index (χ2n) is 35.9. The standard InChI is InChI=1S/C28H35N3O5.C27H35N3O5.C26H33N3O6.C26H33N3O5/c1-19-8-9-21(25(32)16-20-6-4-5-7-20)17-24(19)29-28(34)31-14-12-30(13-15-31)27(33)23-11-10-22(35-2)18-26(23)36-3;1-18(2)6-11-24(31)20-8-7-19(3)23(16-20)28-27(33)30-14-12-29(13-15-30)26(32)22-10-9-21(34-4)17-25(22)35-5;1-18-7-8-19(23(30)6-5-15-33-2)16-22(18)27-26(32)29-13-11-28(12-14-29)25(31)21-10-9-20(34-3)17-24(21)35-4;1-17(2)14-23(30)19-7-6-18(3)22(15-19)27-26(32)29-12-10-28(11-13-29)25(31)21-9-8-20(33-4)16-24(21)34-5/h8-11,17-18,20H,4-7,12-16H2,1-3H3,(H,29,34);7-10,16-18H,6,11-15H2,1-5H3,(H,28,33);7-10,16-17H,5-6,11-15H2,1-4H3,(H,27,32);6-9,15-17H,10-14H2,1-5H3,(H,27,32). The van der Waals surface area contributed by atoms with Crippen molar-refractivity contribution in [3.05, 3.63) is 212 Å². The third kappa shape index (κ3) is 29.7. The molecule has 4 heterocycles. The van der Waals surface area contributed by atoms with Crippen LogP contribution in [0.3, 0.4) is 0 Å². The lowest BCUT2D eigenvalue weighted by molar-refractivity contribution is 0.0663. The number of carbonyl (C=O) groups is 12. The number of hydrogen-bond acceptors (Lipinski definition) is 21. The van der Waals surface area contributed by atoms with E-state index >= 15 is 0 Å². The summed E-state index contributed by atoms with van der Waals surface area (Å²) in [5.74, 6) is 5.16. The SMILES string of the molecule is COCCCC(=O)c1ccc(C)c(NC(=O)N2CCN(C(=O)c3ccc(OC)cc3OC)CC2)c1.COc1ccc(C(=O)N2CCN(C(=O)Nc3cc(C(=O)CC(C)C)ccc3C)CC2)c(OC)c1.COc1ccc(C(=O)N2CCN(C(=O)Nc3cc(C(=O)CC4CCCC4)ccc3C)CC2)c(OC)c1.COc1ccc(C(=O)N2CCN(C(=O)Nc3cc(C(=O)CCC(C)C)ccc3C)CC2)c(OC)c1. The number of methoxy groups -OCH3 is 9. The Morgan fingerprint density at radius 1 is 0.300 bits per heavy atom. The van der Waals surface area contributed by atoms with E-state index < -0.39 is 0 Å². The Morgan fingerprint density at radius 3 is 0.807 bits per heavy atom. The van der Waals surface area contributed by atoms with E-state index in [1.807, 2.05) is 77.9 Å². The van der Waals surface area contributed by atoms with Crippen molar-refractivity contribution in [2.24, 2.45) is 17.8 Å². The number of benzene rings is 8. The summed E-state index contributed by atoms with van der Waals surface area (Å²) in [6, 6.07) is 41.1. The van der Waals surface area contributed by atoms with Crippen LogP contribution in [-0.2, 0) is 4.74 Å². The molecular weight excluding hydrogens is 1790 g/mol. The number of nitrogens with zero attached hydrogens (tertiary/aromatic N) is 8. The molecule has 0 spiro atoms. The number of piperazine rings is 4. The van der Waals surface area contributed by atoms with Crippen LogP contribution >= 0.6 is 0 Å². The molecule has 1 saturated carbocycles. The van der Waals surface area contributed by atoms with E-state index in [0.29, 0.717) is 269 Å². The molecule has 8 aromatic carbocycles. The number of anilines is 4. The first-order valence-corrected chi connectivity index (χ1v) is 47.6. The topological polar surface area (TPSA) is 362 Å². The van der Waals surface area contributed by atoms with E-state index in [2.05, 4.69) is 35.1 Å². The van der Waals surface area contributed by atoms with Gasteiger partial charge < -0.3 is 103 Å². The van der Waals surface area contributed by atoms with Crippen LogP contribution in [0, 0.1) is 45.4 Å². The third-order valence-electron chi connectivity index (χ3n) is 25.4. The average Bonchev–Trinajstić information content (AvgIpc) is 1.21. The van der Waals surface area contributed by atoms with Gasteiger partial charge in [-0.15, -0.1) is 0 Å². The summed E-state index contributed by atoms with van der Waals surface area (Å²) < 4.78 is 47.3. The zero-order valence-corrected chi connectivity index (χ0v) is 83.8. The smallest absolute Gasteiger partial charge is 0.321 e. The highest BCUT2D eigenvalue weighted by atomic mass is 16.5. The Balaban J connectivity index is 0.000000192. The highest BCUT2D eigenvalue weighted by molar-refractivity contribution is 6.04. The fourth-order valence-corrected chi connectivity index (χ4v) is 16.7. The van der Waals surface area contributed by atoms with Crippen LogP contribution in [0.1, 0.15) is 197 Å². The van der Waals surface area contributed by atoms with Gasteiger partial charge in [0.25, 0.3) is 23.6 Å². The molecular formula is C107H136N12O21. The van der Waals surface area contributed by atoms with Crippen LogP contribution in [0.25, 0.3) is 0 Å². The number of carbonyl (C=O) groups excluding carboxylic acids is 12. The first kappa shape index (κ1) is 108. The molecule has 5 aliphatic rings. The minimum Gasteiger partial charge on any atom is -0.497 e. The van der Waals surface area contributed by atoms with Gasteiger partial charge >= 0.3 is 24.1 Å². The van der Waals surface area contributed by atoms with E-state index in [1.165, 1.54) is 41.3 Å². The molecule has 4 N–H and O–H groups in total. The van der Waals surface area contributed by atoms with Gasteiger partial charge in [0.2, 0.25) is 0 Å². The fraction of sp³-hybridized carbons (Fsp3) is 0.439. The van der Waals surface area contributed by atoms with Gasteiger partial charge in [-0.05, 0) is 153 Å². The second kappa shape index (κ2) is 52.5. The van der Waals surface area contributed by atoms with Gasteiger partial charge in [-0.25, -0.2) is 19.2 Å². The van der Waals surface area contributed by atoms with E-state index in [4.69, 9.17) is 42.6 Å². The van der Waals surface area contributed by atoms with Crippen LogP contribution in [0.4, 0.5) is 41.9 Å². The number of nitrogens with one attached hydrogen (secondary N) is 4. The molecule has 0 radical (unpaired) electrons. The summed E-state index contributed by atoms with van der Waals surface area (Å²) in [6.45, 7) is 22.8. The van der Waals surface area contributed by atoms with Gasteiger partial charge in [0, 0.05) is 213 Å². The number of ketones is 4. The third-order valence-corrected chi connectivity index (χ3v) is 25.4. The molecule has 140 heavy (non-hydrogen) atoms. The van der Waals surface area contributed by atoms with Gasteiger partial charge in [-0.3, -0.25) is 38.4 Å². The zero-order chi connectivity index (χ0) is 101. The Hall–Kier alpha value is -14.2. The van der Waals surface area contributed by atoms with Crippen molar-refractivity contribution < 1.29 is 100 Å². The van der Waals surface area contributed by atoms with Gasteiger partial charge in [0.05, 0.1) is 79.1 Å². The molecule has 0 bridgehead atoms. The lowest BCUT2D eigenvalue weighted by Crippen LogP contribution is -2.51. The van der Waals surface area contributed by atoms with Gasteiger partial charge in [0.1, 0.15) is 46.0 Å². The Morgan fingerprint density at radius 2 is 0.557 bits per heavy atom. The zero-order valence-electron chi connectivity index (χ0n) is 83.8. The van der Waals surface area contributed by atoms with E-state index in [9.17, 15) is 57.5 Å². The fourth-order valence-electron chi connectivity index (χ4n) is 16.7. The normalized spacial score (nSPS) is 14.2. The molecule has 5 fully saturated rings. The van der Waals surface area contributed by atoms with Crippen LogP contribution in [0.15, 0.2) is 146 Å². The van der Waals surface area contributed by atoms with Gasteiger partial charge in [0.15, 0.2) is 23.1 Å². The Kier molecular flexibility index (Phi) is 40.4. The number of Topliss-reactive ketones (excluding diaryl/α,β-unsaturated/α-hetero) is 4. The first-order chi connectivity index (χ1) is 67.2. The second-order valence-corrected chi connectivity index (χ2v) is 35.9. The number of aryl methyl sites for hydroxylation is 4. The molecule has 33 heteroatoms. The summed E-state index contributed by atoms with van der Waals surface area (Å²) in [4.78, 5) is 168. The summed E-state index contributed by atoms with van der Waals surface area (Å²) in [6.07, 6.45) is 8.07. The highest BCUT2D eigenvalue weighted by Gasteiger charge is 2.34.